The number of aliphatic hydroxyl groups excluding tert-OH is 2. The Balaban J connectivity index is 3.29. The van der Waals surface area contributed by atoms with Crippen LogP contribution < -0.4 is 5.32 Å². The van der Waals surface area contributed by atoms with Gasteiger partial charge in [0.05, 0.1) is 18.8 Å². The van der Waals surface area contributed by atoms with Crippen LogP contribution in [0.3, 0.4) is 0 Å². The van der Waals surface area contributed by atoms with Crippen LogP contribution in [0.25, 0.3) is 0 Å². The van der Waals surface area contributed by atoms with Gasteiger partial charge in [-0.15, -0.1) is 0 Å². The summed E-state index contributed by atoms with van der Waals surface area (Å²) in [4.78, 5) is 12.2. The molecule has 0 saturated carbocycles. The Morgan fingerprint density at radius 1 is 0.444 bits per heavy atom. The van der Waals surface area contributed by atoms with E-state index in [0.29, 0.717) is 6.42 Å². The highest BCUT2D eigenvalue weighted by atomic mass is 16.3. The molecule has 0 aromatic carbocycles. The van der Waals surface area contributed by atoms with Crippen molar-refractivity contribution in [2.45, 2.75) is 257 Å². The maximum Gasteiger partial charge on any atom is 0.220 e. The van der Waals surface area contributed by atoms with Gasteiger partial charge in [-0.3, -0.25) is 4.79 Å². The molecule has 0 spiro atoms. The monoisotopic (exact) mass is 756 g/mol. The molecule has 0 fully saturated rings. The first-order chi connectivity index (χ1) is 26.7. The summed E-state index contributed by atoms with van der Waals surface area (Å²) in [5.41, 5.74) is 0. The van der Waals surface area contributed by atoms with Crippen molar-refractivity contribution in [2.24, 2.45) is 0 Å². The molecule has 1 amide bonds. The minimum absolute atomic E-state index is 0.0739. The maximum atomic E-state index is 12.2. The molecular formula is C50H93NO3. The van der Waals surface area contributed by atoms with Crippen LogP contribution in [0.5, 0.6) is 0 Å². The second-order valence-corrected chi connectivity index (χ2v) is 16.2. The summed E-state index contributed by atoms with van der Waals surface area (Å²) in [5.74, 6) is -0.0739. The largest absolute Gasteiger partial charge is 0.394 e. The van der Waals surface area contributed by atoms with Gasteiger partial charge in [-0.05, 0) is 51.4 Å². The van der Waals surface area contributed by atoms with E-state index in [2.05, 4.69) is 55.6 Å². The van der Waals surface area contributed by atoms with Gasteiger partial charge in [-0.1, -0.05) is 236 Å². The topological polar surface area (TPSA) is 69.6 Å². The summed E-state index contributed by atoms with van der Waals surface area (Å²) in [5, 5.41) is 22.4. The highest BCUT2D eigenvalue weighted by Crippen LogP contribution is 2.16. The Morgan fingerprint density at radius 3 is 1.17 bits per heavy atom. The summed E-state index contributed by atoms with van der Waals surface area (Å²) in [6.07, 6.45) is 63.3. The highest BCUT2D eigenvalue weighted by molar-refractivity contribution is 5.76. The van der Waals surface area contributed by atoms with E-state index >= 15 is 0 Å². The molecular weight excluding hydrogens is 663 g/mol. The first-order valence-corrected chi connectivity index (χ1v) is 23.9. The number of hydrogen-bond donors (Lipinski definition) is 3. The molecule has 0 aliphatic heterocycles. The zero-order valence-corrected chi connectivity index (χ0v) is 36.2. The Hall–Kier alpha value is -1.65. The third-order valence-corrected chi connectivity index (χ3v) is 10.8. The second-order valence-electron chi connectivity index (χ2n) is 16.2. The summed E-state index contributed by atoms with van der Waals surface area (Å²) in [6.45, 7) is 4.11. The normalized spacial score (nSPS) is 13.3. The summed E-state index contributed by atoms with van der Waals surface area (Å²) in [6, 6.07) is -0.615. The lowest BCUT2D eigenvalue weighted by molar-refractivity contribution is -0.123. The summed E-state index contributed by atoms with van der Waals surface area (Å²) in [7, 11) is 0. The van der Waals surface area contributed by atoms with E-state index in [1.807, 2.05) is 6.08 Å². The molecule has 0 aliphatic carbocycles. The Kier molecular flexibility index (Phi) is 44.3. The zero-order chi connectivity index (χ0) is 39.3. The molecule has 0 aliphatic rings. The van der Waals surface area contributed by atoms with E-state index in [1.54, 1.807) is 6.08 Å². The lowest BCUT2D eigenvalue weighted by Gasteiger charge is -2.19. The average molecular weight is 756 g/mol. The van der Waals surface area contributed by atoms with Crippen molar-refractivity contribution in [3.05, 3.63) is 48.6 Å². The van der Waals surface area contributed by atoms with Gasteiger partial charge >= 0.3 is 0 Å². The minimum Gasteiger partial charge on any atom is -0.394 e. The molecule has 0 saturated heterocycles. The molecule has 0 radical (unpaired) electrons. The van der Waals surface area contributed by atoms with Gasteiger partial charge in [0.1, 0.15) is 0 Å². The van der Waals surface area contributed by atoms with Crippen molar-refractivity contribution in [1.82, 2.24) is 5.32 Å². The van der Waals surface area contributed by atoms with Crippen LogP contribution in [0.1, 0.15) is 245 Å². The first kappa shape index (κ1) is 52.3. The van der Waals surface area contributed by atoms with Gasteiger partial charge in [0, 0.05) is 6.42 Å². The van der Waals surface area contributed by atoms with Crippen molar-refractivity contribution in [3.63, 3.8) is 0 Å². The van der Waals surface area contributed by atoms with E-state index < -0.39 is 12.1 Å². The second kappa shape index (κ2) is 45.7. The van der Waals surface area contributed by atoms with Crippen molar-refractivity contribution < 1.29 is 15.0 Å². The van der Waals surface area contributed by atoms with E-state index in [-0.39, 0.29) is 12.5 Å². The standard InChI is InChI=1S/C50H93NO3/c1-3-5-7-8-9-10-11-12-13-14-15-16-17-18-19-20-21-22-23-24-25-26-27-28-29-30-31-32-33-34-35-36-37-38-39-40-41-42-44-46-50(54)51-48(47-52)49(53)45-43-6-4-2/h11-12,14-15,17-18,43,45,48-49,52-53H,3-10,13,16,19-42,44,46-47H2,1-2H3,(H,51,54)/b12-11-,15-14-,18-17-,45-43+. The summed E-state index contributed by atoms with van der Waals surface area (Å²) < 4.78 is 0. The molecule has 0 bridgehead atoms. The lowest BCUT2D eigenvalue weighted by Crippen LogP contribution is -2.45. The zero-order valence-electron chi connectivity index (χ0n) is 36.2. The van der Waals surface area contributed by atoms with Gasteiger partial charge in [-0.25, -0.2) is 0 Å². The van der Waals surface area contributed by atoms with Crippen LogP contribution in [-0.2, 0) is 4.79 Å². The number of unbranched alkanes of at least 4 members (excludes halogenated alkanes) is 30. The third-order valence-electron chi connectivity index (χ3n) is 10.8. The van der Waals surface area contributed by atoms with Crippen molar-refractivity contribution >= 4 is 5.91 Å². The van der Waals surface area contributed by atoms with Crippen LogP contribution in [0, 0.1) is 0 Å². The van der Waals surface area contributed by atoms with E-state index in [1.165, 1.54) is 186 Å². The van der Waals surface area contributed by atoms with Crippen molar-refractivity contribution in [2.75, 3.05) is 6.61 Å². The predicted octanol–water partition coefficient (Wildman–Crippen LogP) is 15.1. The number of hydrogen-bond acceptors (Lipinski definition) is 3. The number of aliphatic hydroxyl groups is 2. The molecule has 0 aromatic heterocycles. The van der Waals surface area contributed by atoms with Gasteiger partial charge in [-0.2, -0.15) is 0 Å². The van der Waals surface area contributed by atoms with Gasteiger partial charge < -0.3 is 15.5 Å². The fourth-order valence-electron chi connectivity index (χ4n) is 7.13. The highest BCUT2D eigenvalue weighted by Gasteiger charge is 2.17. The fourth-order valence-corrected chi connectivity index (χ4v) is 7.13. The third kappa shape index (κ3) is 41.5. The van der Waals surface area contributed by atoms with Crippen LogP contribution in [0.2, 0.25) is 0 Å². The smallest absolute Gasteiger partial charge is 0.220 e. The molecule has 2 atom stereocenters. The quantitative estimate of drug-likeness (QED) is 0.0429. The molecule has 4 heteroatoms. The number of nitrogens with one attached hydrogen (secondary N) is 1. The molecule has 3 N–H and O–H groups in total. The van der Waals surface area contributed by atoms with Crippen LogP contribution in [0.15, 0.2) is 48.6 Å². The van der Waals surface area contributed by atoms with Crippen LogP contribution in [0.4, 0.5) is 0 Å². The van der Waals surface area contributed by atoms with E-state index in [4.69, 9.17) is 0 Å². The maximum absolute atomic E-state index is 12.2. The number of rotatable bonds is 43. The molecule has 54 heavy (non-hydrogen) atoms. The number of carbonyl (C=O) groups is 1. The summed E-state index contributed by atoms with van der Waals surface area (Å²) >= 11 is 0. The Morgan fingerprint density at radius 2 is 0.796 bits per heavy atom. The van der Waals surface area contributed by atoms with Crippen LogP contribution >= 0.6 is 0 Å². The first-order valence-electron chi connectivity index (χ1n) is 23.9. The predicted molar refractivity (Wildman–Crippen MR) is 239 cm³/mol. The average Bonchev–Trinajstić information content (AvgIpc) is 3.17. The number of allylic oxidation sites excluding steroid dienone is 7. The van der Waals surface area contributed by atoms with Gasteiger partial charge in [0.25, 0.3) is 0 Å². The molecule has 0 heterocycles. The SMILES string of the molecule is CCC/C=C/C(O)C(CO)NC(=O)CCCCCCCCCCCCCCCCCCCCCCCCCC/C=C\C/C=C\C/C=C\CCCCCCC. The number of amides is 1. The van der Waals surface area contributed by atoms with Gasteiger partial charge in [0.2, 0.25) is 5.91 Å². The van der Waals surface area contributed by atoms with Crippen molar-refractivity contribution in [3.8, 4) is 0 Å². The Labute approximate surface area is 337 Å². The van der Waals surface area contributed by atoms with E-state index in [0.717, 1.165) is 38.5 Å². The molecule has 0 aromatic rings. The van der Waals surface area contributed by atoms with Crippen LogP contribution in [-0.4, -0.2) is 34.9 Å². The van der Waals surface area contributed by atoms with Gasteiger partial charge in [0.15, 0.2) is 0 Å². The lowest BCUT2D eigenvalue weighted by atomic mass is 10.0. The molecule has 0 rings (SSSR count). The van der Waals surface area contributed by atoms with E-state index in [9.17, 15) is 15.0 Å². The molecule has 316 valence electrons. The Bertz CT molecular complexity index is 862. The van der Waals surface area contributed by atoms with Crippen molar-refractivity contribution in [1.29, 1.82) is 0 Å². The number of carbonyl (C=O) groups excluding carboxylic acids is 1. The minimum atomic E-state index is -0.833. The molecule has 4 nitrogen and oxygen atoms in total. The fraction of sp³-hybridized carbons (Fsp3) is 0.820. The molecule has 2 unspecified atom stereocenters.